The number of nitrogens with zero attached hydrogens (tertiary/aromatic N) is 3. The van der Waals surface area contributed by atoms with Crippen LogP contribution < -0.4 is 0 Å². The van der Waals surface area contributed by atoms with Crippen LogP contribution >= 0.6 is 0 Å². The molecule has 0 spiro atoms. The Bertz CT molecular complexity index is 205. The lowest BCUT2D eigenvalue weighted by Crippen LogP contribution is -2.33. The van der Waals surface area contributed by atoms with E-state index in [9.17, 15) is 0 Å². The van der Waals surface area contributed by atoms with Gasteiger partial charge in [0.2, 0.25) is 0 Å². The van der Waals surface area contributed by atoms with Crippen molar-refractivity contribution in [3.63, 3.8) is 0 Å². The number of aliphatic hydroxyl groups is 3. The molecule has 1 heterocycles. The first-order valence-electron chi connectivity index (χ1n) is 3.37. The summed E-state index contributed by atoms with van der Waals surface area (Å²) in [6.07, 6.45) is -4.76. The van der Waals surface area contributed by atoms with E-state index in [-0.39, 0.29) is 6.54 Å². The summed E-state index contributed by atoms with van der Waals surface area (Å²) in [7, 11) is 0. The molecule has 1 aliphatic heterocycles. The SMILES string of the molecule is [N-]=[N+]=NC[C@H]1O[C@H](O)[C@@H](O)[C@H]1O. The molecule has 7 heteroatoms. The molecule has 0 aromatic heterocycles. The Balaban J connectivity index is 2.52. The van der Waals surface area contributed by atoms with Crippen molar-refractivity contribution in [3.8, 4) is 0 Å². The quantitative estimate of drug-likeness (QED) is 0.275. The first-order valence-corrected chi connectivity index (χ1v) is 3.37. The van der Waals surface area contributed by atoms with Gasteiger partial charge in [-0.05, 0) is 5.53 Å². The maximum Gasteiger partial charge on any atom is 0.183 e. The van der Waals surface area contributed by atoms with Gasteiger partial charge < -0.3 is 20.1 Å². The predicted octanol–water partition coefficient (Wildman–Crippen LogP) is -1.26. The Morgan fingerprint density at radius 2 is 2.00 bits per heavy atom. The number of aliphatic hydroxyl groups excluding tert-OH is 3. The summed E-state index contributed by atoms with van der Waals surface area (Å²) in [6.45, 7) is -0.105. The number of azide groups is 1. The Morgan fingerprint density at radius 1 is 1.33 bits per heavy atom. The molecule has 0 bridgehead atoms. The number of hydrogen-bond donors (Lipinski definition) is 3. The fourth-order valence-corrected chi connectivity index (χ4v) is 0.997. The van der Waals surface area contributed by atoms with Crippen molar-refractivity contribution in [1.29, 1.82) is 0 Å². The second-order valence-electron chi connectivity index (χ2n) is 2.46. The molecular weight excluding hydrogens is 166 g/mol. The molecule has 0 amide bonds. The van der Waals surface area contributed by atoms with E-state index in [0.717, 1.165) is 0 Å². The minimum Gasteiger partial charge on any atom is -0.387 e. The Hall–Kier alpha value is -0.850. The zero-order valence-corrected chi connectivity index (χ0v) is 6.11. The predicted molar refractivity (Wildman–Crippen MR) is 36.9 cm³/mol. The van der Waals surface area contributed by atoms with Gasteiger partial charge in [-0.2, -0.15) is 0 Å². The second-order valence-corrected chi connectivity index (χ2v) is 2.46. The van der Waals surface area contributed by atoms with E-state index in [1.807, 2.05) is 0 Å². The summed E-state index contributed by atoms with van der Waals surface area (Å²) in [6, 6.07) is 0. The molecule has 1 fully saturated rings. The van der Waals surface area contributed by atoms with Crippen molar-refractivity contribution >= 4 is 0 Å². The summed E-state index contributed by atoms with van der Waals surface area (Å²) in [5.74, 6) is 0. The van der Waals surface area contributed by atoms with E-state index in [1.54, 1.807) is 0 Å². The number of rotatable bonds is 2. The third-order valence-corrected chi connectivity index (χ3v) is 1.66. The lowest BCUT2D eigenvalue weighted by atomic mass is 10.1. The molecule has 0 unspecified atom stereocenters. The summed E-state index contributed by atoms with van der Waals surface area (Å²) >= 11 is 0. The first-order chi connectivity index (χ1) is 5.66. The highest BCUT2D eigenvalue weighted by Crippen LogP contribution is 2.19. The topological polar surface area (TPSA) is 119 Å². The van der Waals surface area contributed by atoms with E-state index < -0.39 is 24.6 Å². The van der Waals surface area contributed by atoms with Crippen molar-refractivity contribution in [2.45, 2.75) is 24.6 Å². The largest absolute Gasteiger partial charge is 0.387 e. The highest BCUT2D eigenvalue weighted by atomic mass is 16.6. The summed E-state index contributed by atoms with van der Waals surface area (Å²) in [5, 5.41) is 30.1. The maximum atomic E-state index is 9.14. The van der Waals surface area contributed by atoms with Crippen LogP contribution in [0.2, 0.25) is 0 Å². The smallest absolute Gasteiger partial charge is 0.183 e. The molecular formula is C5H9N3O4. The van der Waals surface area contributed by atoms with Crippen molar-refractivity contribution in [2.24, 2.45) is 5.11 Å². The fourth-order valence-electron chi connectivity index (χ4n) is 0.997. The van der Waals surface area contributed by atoms with Crippen LogP contribution in [0.25, 0.3) is 10.4 Å². The van der Waals surface area contributed by atoms with Gasteiger partial charge in [0.05, 0.1) is 12.6 Å². The molecule has 1 saturated heterocycles. The minimum atomic E-state index is -1.40. The van der Waals surface area contributed by atoms with Gasteiger partial charge >= 0.3 is 0 Å². The third kappa shape index (κ3) is 1.66. The van der Waals surface area contributed by atoms with Gasteiger partial charge in [-0.3, -0.25) is 0 Å². The molecule has 1 aliphatic rings. The molecule has 1 rings (SSSR count). The molecule has 3 N–H and O–H groups in total. The highest BCUT2D eigenvalue weighted by molar-refractivity contribution is 4.86. The fraction of sp³-hybridized carbons (Fsp3) is 1.00. The zero-order chi connectivity index (χ0) is 9.14. The van der Waals surface area contributed by atoms with E-state index in [0.29, 0.717) is 0 Å². The van der Waals surface area contributed by atoms with Crippen molar-refractivity contribution in [1.82, 2.24) is 0 Å². The number of hydrogen-bond acceptors (Lipinski definition) is 5. The molecule has 4 atom stereocenters. The van der Waals surface area contributed by atoms with Crippen LogP contribution in [0.3, 0.4) is 0 Å². The number of ether oxygens (including phenoxy) is 1. The molecule has 0 aromatic carbocycles. The summed E-state index contributed by atoms with van der Waals surface area (Å²) in [4.78, 5) is 2.45. The van der Waals surface area contributed by atoms with E-state index >= 15 is 0 Å². The monoisotopic (exact) mass is 175 g/mol. The first kappa shape index (κ1) is 9.24. The van der Waals surface area contributed by atoms with Crippen LogP contribution in [0.15, 0.2) is 5.11 Å². The van der Waals surface area contributed by atoms with Crippen molar-refractivity contribution in [2.75, 3.05) is 6.54 Å². The highest BCUT2D eigenvalue weighted by Gasteiger charge is 2.41. The van der Waals surface area contributed by atoms with Gasteiger partial charge in [0.1, 0.15) is 12.2 Å². The normalized spacial score (nSPS) is 40.9. The summed E-state index contributed by atoms with van der Waals surface area (Å²) < 4.78 is 4.68. The second kappa shape index (κ2) is 3.70. The maximum absolute atomic E-state index is 9.14. The molecule has 7 nitrogen and oxygen atoms in total. The average Bonchev–Trinajstić information content (AvgIpc) is 2.30. The average molecular weight is 175 g/mol. The van der Waals surface area contributed by atoms with E-state index in [2.05, 4.69) is 14.8 Å². The Labute approximate surface area is 67.8 Å². The Kier molecular flexibility index (Phi) is 2.85. The van der Waals surface area contributed by atoms with Crippen LogP contribution in [-0.2, 0) is 4.74 Å². The molecule has 12 heavy (non-hydrogen) atoms. The lowest BCUT2D eigenvalue weighted by molar-refractivity contribution is -0.125. The zero-order valence-electron chi connectivity index (χ0n) is 6.11. The Morgan fingerprint density at radius 3 is 2.42 bits per heavy atom. The molecule has 68 valence electrons. The lowest BCUT2D eigenvalue weighted by Gasteiger charge is -2.10. The van der Waals surface area contributed by atoms with Crippen LogP contribution in [0.4, 0.5) is 0 Å². The van der Waals surface area contributed by atoms with E-state index in [1.165, 1.54) is 0 Å². The van der Waals surface area contributed by atoms with E-state index in [4.69, 9.17) is 20.9 Å². The van der Waals surface area contributed by atoms with Crippen LogP contribution in [0.5, 0.6) is 0 Å². The minimum absolute atomic E-state index is 0.105. The molecule has 0 aromatic rings. The van der Waals surface area contributed by atoms with Crippen molar-refractivity contribution in [3.05, 3.63) is 10.4 Å². The van der Waals surface area contributed by atoms with Crippen LogP contribution in [0.1, 0.15) is 0 Å². The van der Waals surface area contributed by atoms with Gasteiger partial charge in [0.25, 0.3) is 0 Å². The van der Waals surface area contributed by atoms with Gasteiger partial charge in [-0.15, -0.1) is 0 Å². The summed E-state index contributed by atoms with van der Waals surface area (Å²) in [5.41, 5.74) is 7.94. The van der Waals surface area contributed by atoms with Crippen LogP contribution in [-0.4, -0.2) is 46.5 Å². The standard InChI is InChI=1S/C5H9N3O4/c6-8-7-1-2-3(9)4(10)5(11)12-2/h2-5,9-11H,1H2/t2-,3+,4+,5+/m1/s1. The van der Waals surface area contributed by atoms with Gasteiger partial charge in [-0.1, -0.05) is 5.11 Å². The molecule has 0 aliphatic carbocycles. The van der Waals surface area contributed by atoms with Gasteiger partial charge in [0, 0.05) is 4.91 Å². The third-order valence-electron chi connectivity index (χ3n) is 1.66. The van der Waals surface area contributed by atoms with Crippen molar-refractivity contribution < 1.29 is 20.1 Å². The van der Waals surface area contributed by atoms with Gasteiger partial charge in [-0.25, -0.2) is 0 Å². The molecule has 0 saturated carbocycles. The van der Waals surface area contributed by atoms with Gasteiger partial charge in [0.15, 0.2) is 6.29 Å². The molecule has 0 radical (unpaired) electrons. The van der Waals surface area contributed by atoms with Crippen LogP contribution in [0, 0.1) is 0 Å².